The van der Waals surface area contributed by atoms with E-state index in [1.807, 2.05) is 12.3 Å². The number of anilines is 1. The van der Waals surface area contributed by atoms with E-state index in [1.165, 1.54) is 12.1 Å². The first kappa shape index (κ1) is 17.8. The van der Waals surface area contributed by atoms with Crippen LogP contribution in [-0.2, 0) is 6.54 Å². The molecule has 0 radical (unpaired) electrons. The number of pyridine rings is 1. The molecule has 0 bridgehead atoms. The minimum Gasteiger partial charge on any atom is -0.387 e. The minimum absolute atomic E-state index is 0.331. The summed E-state index contributed by atoms with van der Waals surface area (Å²) in [6.45, 7) is 5.07. The Morgan fingerprint density at radius 1 is 1.20 bits per heavy atom. The van der Waals surface area contributed by atoms with Gasteiger partial charge >= 0.3 is 0 Å². The lowest BCUT2D eigenvalue weighted by Crippen LogP contribution is -2.44. The molecule has 1 unspecified atom stereocenters. The van der Waals surface area contributed by atoms with Gasteiger partial charge in [-0.1, -0.05) is 12.1 Å². The predicted molar refractivity (Wildman–Crippen MR) is 97.0 cm³/mol. The first-order valence-corrected chi connectivity index (χ1v) is 8.64. The van der Waals surface area contributed by atoms with Crippen LogP contribution in [0.2, 0.25) is 0 Å². The van der Waals surface area contributed by atoms with Gasteiger partial charge in [0, 0.05) is 45.5 Å². The van der Waals surface area contributed by atoms with E-state index in [9.17, 15) is 9.50 Å². The number of aromatic nitrogens is 1. The van der Waals surface area contributed by atoms with Crippen LogP contribution in [0.15, 0.2) is 42.6 Å². The zero-order valence-corrected chi connectivity index (χ0v) is 14.5. The maximum Gasteiger partial charge on any atom is 0.128 e. The smallest absolute Gasteiger partial charge is 0.128 e. The standard InChI is InChI=1S/C19H25FN4O/c1-23-7-9-24(10-8-23)19-11-15(5-6-22-19)13-21-14-18(25)16-3-2-4-17(20)12-16/h2-6,11-12,18,21,25H,7-10,13-14H2,1H3. The summed E-state index contributed by atoms with van der Waals surface area (Å²) in [5.74, 6) is 0.667. The van der Waals surface area contributed by atoms with Crippen LogP contribution in [0.1, 0.15) is 17.2 Å². The van der Waals surface area contributed by atoms with Gasteiger partial charge in [-0.3, -0.25) is 0 Å². The van der Waals surface area contributed by atoms with E-state index in [-0.39, 0.29) is 5.82 Å². The highest BCUT2D eigenvalue weighted by Gasteiger charge is 2.15. The van der Waals surface area contributed by atoms with E-state index in [0.717, 1.165) is 37.6 Å². The van der Waals surface area contributed by atoms with Crippen molar-refractivity contribution in [2.24, 2.45) is 0 Å². The Morgan fingerprint density at radius 3 is 2.76 bits per heavy atom. The minimum atomic E-state index is -0.727. The van der Waals surface area contributed by atoms with Gasteiger partial charge in [0.15, 0.2) is 0 Å². The maximum atomic E-state index is 13.2. The third-order valence-electron chi connectivity index (χ3n) is 4.54. The van der Waals surface area contributed by atoms with Gasteiger partial charge in [-0.15, -0.1) is 0 Å². The molecule has 3 rings (SSSR count). The number of benzene rings is 1. The molecule has 1 aromatic heterocycles. The van der Waals surface area contributed by atoms with Crippen molar-refractivity contribution < 1.29 is 9.50 Å². The molecule has 1 aromatic carbocycles. The van der Waals surface area contributed by atoms with Gasteiger partial charge in [-0.05, 0) is 42.4 Å². The van der Waals surface area contributed by atoms with Crippen molar-refractivity contribution in [3.63, 3.8) is 0 Å². The lowest BCUT2D eigenvalue weighted by Gasteiger charge is -2.33. The first-order chi connectivity index (χ1) is 12.1. The number of hydrogen-bond donors (Lipinski definition) is 2. The van der Waals surface area contributed by atoms with Gasteiger partial charge < -0.3 is 20.2 Å². The maximum absolute atomic E-state index is 13.2. The van der Waals surface area contributed by atoms with Crippen molar-refractivity contribution in [3.05, 3.63) is 59.5 Å². The number of hydrogen-bond acceptors (Lipinski definition) is 5. The Bertz CT molecular complexity index is 689. The fourth-order valence-corrected chi connectivity index (χ4v) is 2.96. The van der Waals surface area contributed by atoms with Crippen LogP contribution in [-0.4, -0.2) is 54.8 Å². The molecule has 1 aliphatic heterocycles. The summed E-state index contributed by atoms with van der Waals surface area (Å²) in [6, 6.07) is 10.1. The molecule has 1 aliphatic rings. The molecule has 2 heterocycles. The van der Waals surface area contributed by atoms with Crippen molar-refractivity contribution >= 4 is 5.82 Å². The Kier molecular flexibility index (Phi) is 5.96. The molecule has 25 heavy (non-hydrogen) atoms. The molecule has 5 nitrogen and oxygen atoms in total. The molecular weight excluding hydrogens is 319 g/mol. The van der Waals surface area contributed by atoms with E-state index in [4.69, 9.17) is 0 Å². The second-order valence-electron chi connectivity index (χ2n) is 6.51. The summed E-state index contributed by atoms with van der Waals surface area (Å²) < 4.78 is 13.2. The summed E-state index contributed by atoms with van der Waals surface area (Å²) in [7, 11) is 2.13. The van der Waals surface area contributed by atoms with E-state index < -0.39 is 6.10 Å². The number of aliphatic hydroxyl groups is 1. The molecule has 0 aliphatic carbocycles. The van der Waals surface area contributed by atoms with Gasteiger partial charge in [0.2, 0.25) is 0 Å². The molecule has 2 N–H and O–H groups in total. The van der Waals surface area contributed by atoms with Gasteiger partial charge in [0.1, 0.15) is 11.6 Å². The summed E-state index contributed by atoms with van der Waals surface area (Å²) in [6.07, 6.45) is 1.10. The van der Waals surface area contributed by atoms with Crippen molar-refractivity contribution in [1.29, 1.82) is 0 Å². The van der Waals surface area contributed by atoms with Gasteiger partial charge in [0.25, 0.3) is 0 Å². The average Bonchev–Trinajstić information content (AvgIpc) is 2.62. The van der Waals surface area contributed by atoms with Gasteiger partial charge in [0.05, 0.1) is 6.10 Å². The van der Waals surface area contributed by atoms with E-state index >= 15 is 0 Å². The van der Waals surface area contributed by atoms with E-state index in [2.05, 4.69) is 33.2 Å². The number of likely N-dealkylation sites (N-methyl/N-ethyl adjacent to an activating group) is 1. The van der Waals surface area contributed by atoms with Crippen LogP contribution in [0.25, 0.3) is 0 Å². The van der Waals surface area contributed by atoms with Gasteiger partial charge in [-0.2, -0.15) is 0 Å². The molecule has 2 aromatic rings. The molecule has 0 spiro atoms. The normalized spacial score (nSPS) is 16.8. The highest BCUT2D eigenvalue weighted by atomic mass is 19.1. The van der Waals surface area contributed by atoms with Crippen molar-refractivity contribution in [1.82, 2.24) is 15.2 Å². The highest BCUT2D eigenvalue weighted by molar-refractivity contribution is 5.41. The molecular formula is C19H25FN4O. The number of rotatable bonds is 6. The second kappa shape index (κ2) is 8.38. The van der Waals surface area contributed by atoms with Crippen molar-refractivity contribution in [3.8, 4) is 0 Å². The van der Waals surface area contributed by atoms with Gasteiger partial charge in [-0.25, -0.2) is 9.37 Å². The van der Waals surface area contributed by atoms with Crippen LogP contribution in [0.4, 0.5) is 10.2 Å². The largest absolute Gasteiger partial charge is 0.387 e. The zero-order valence-electron chi connectivity index (χ0n) is 14.5. The Labute approximate surface area is 148 Å². The van der Waals surface area contributed by atoms with Crippen LogP contribution < -0.4 is 10.2 Å². The average molecular weight is 344 g/mol. The SMILES string of the molecule is CN1CCN(c2cc(CNCC(O)c3cccc(F)c3)ccn2)CC1. The van der Waals surface area contributed by atoms with Crippen LogP contribution >= 0.6 is 0 Å². The van der Waals surface area contributed by atoms with Crippen LogP contribution in [0.3, 0.4) is 0 Å². The number of nitrogens with one attached hydrogen (secondary N) is 1. The summed E-state index contributed by atoms with van der Waals surface area (Å²) in [5.41, 5.74) is 1.70. The number of halogens is 1. The Hall–Kier alpha value is -2.02. The summed E-state index contributed by atoms with van der Waals surface area (Å²) in [4.78, 5) is 9.09. The zero-order chi connectivity index (χ0) is 17.6. The van der Waals surface area contributed by atoms with Crippen LogP contribution in [0.5, 0.6) is 0 Å². The predicted octanol–water partition coefficient (Wildman–Crippen LogP) is 1.80. The lowest BCUT2D eigenvalue weighted by atomic mass is 10.1. The fraction of sp³-hybridized carbons (Fsp3) is 0.421. The Morgan fingerprint density at radius 2 is 2.00 bits per heavy atom. The first-order valence-electron chi connectivity index (χ1n) is 8.64. The third kappa shape index (κ3) is 4.98. The number of piperazine rings is 1. The molecule has 134 valence electrons. The fourth-order valence-electron chi connectivity index (χ4n) is 2.96. The Balaban J connectivity index is 1.52. The highest BCUT2D eigenvalue weighted by Crippen LogP contribution is 2.16. The van der Waals surface area contributed by atoms with E-state index in [1.54, 1.807) is 12.1 Å². The molecule has 6 heteroatoms. The summed E-state index contributed by atoms with van der Waals surface area (Å²) >= 11 is 0. The molecule has 0 saturated carbocycles. The third-order valence-corrected chi connectivity index (χ3v) is 4.54. The second-order valence-corrected chi connectivity index (χ2v) is 6.51. The molecule has 1 atom stereocenters. The number of nitrogens with zero attached hydrogens (tertiary/aromatic N) is 3. The molecule has 0 amide bonds. The quantitative estimate of drug-likeness (QED) is 0.837. The number of aliphatic hydroxyl groups excluding tert-OH is 1. The molecule has 1 saturated heterocycles. The summed E-state index contributed by atoms with van der Waals surface area (Å²) in [5, 5.41) is 13.4. The molecule has 1 fully saturated rings. The topological polar surface area (TPSA) is 51.6 Å². The lowest BCUT2D eigenvalue weighted by molar-refractivity contribution is 0.174. The monoisotopic (exact) mass is 344 g/mol. The van der Waals surface area contributed by atoms with Crippen molar-refractivity contribution in [2.45, 2.75) is 12.6 Å². The van der Waals surface area contributed by atoms with Crippen LogP contribution in [0, 0.1) is 5.82 Å². The van der Waals surface area contributed by atoms with Crippen molar-refractivity contribution in [2.75, 3.05) is 44.7 Å². The van der Waals surface area contributed by atoms with E-state index in [0.29, 0.717) is 18.7 Å².